The summed E-state index contributed by atoms with van der Waals surface area (Å²) in [6.45, 7) is 4.02. The molecule has 0 heterocycles. The third kappa shape index (κ3) is 4.92. The molecule has 5 heteroatoms. The smallest absolute Gasteiger partial charge is 0.405 e. The van der Waals surface area contributed by atoms with Gasteiger partial charge in [-0.25, -0.2) is 4.79 Å². The van der Waals surface area contributed by atoms with Gasteiger partial charge in [0.2, 0.25) is 0 Å². The van der Waals surface area contributed by atoms with E-state index < -0.39 is 18.2 Å². The highest BCUT2D eigenvalue weighted by atomic mass is 16.5. The lowest BCUT2D eigenvalue weighted by atomic mass is 10.2. The van der Waals surface area contributed by atoms with Gasteiger partial charge in [-0.2, -0.15) is 0 Å². The molecule has 0 saturated carbocycles. The zero-order valence-electron chi connectivity index (χ0n) is 7.28. The molecule has 0 bridgehead atoms. The predicted octanol–water partition coefficient (Wildman–Crippen LogP) is 0.0399. The van der Waals surface area contributed by atoms with E-state index in [9.17, 15) is 4.79 Å². The van der Waals surface area contributed by atoms with Crippen LogP contribution in [-0.2, 0) is 4.74 Å². The number of rotatable bonds is 5. The van der Waals surface area contributed by atoms with Gasteiger partial charge in [0.25, 0.3) is 0 Å². The van der Waals surface area contributed by atoms with Crippen LogP contribution in [0.5, 0.6) is 0 Å². The molecule has 0 spiro atoms. The largest absolute Gasteiger partial charge is 0.465 e. The van der Waals surface area contributed by atoms with Gasteiger partial charge in [0.05, 0.1) is 18.8 Å². The van der Waals surface area contributed by atoms with Gasteiger partial charge in [0, 0.05) is 6.61 Å². The number of hydrogen-bond acceptors (Lipinski definition) is 3. The number of carboxylic acid groups (broad SMARTS) is 1. The maximum atomic E-state index is 10.2. The summed E-state index contributed by atoms with van der Waals surface area (Å²) in [5.41, 5.74) is 0. The van der Waals surface area contributed by atoms with Crippen LogP contribution in [0.2, 0.25) is 0 Å². The van der Waals surface area contributed by atoms with Crippen molar-refractivity contribution in [3.63, 3.8) is 0 Å². The molecule has 0 saturated heterocycles. The van der Waals surface area contributed by atoms with Crippen LogP contribution in [0.1, 0.15) is 13.8 Å². The van der Waals surface area contributed by atoms with Crippen molar-refractivity contribution in [2.75, 3.05) is 13.2 Å². The first-order chi connectivity index (χ1) is 5.57. The lowest BCUT2D eigenvalue weighted by Crippen LogP contribution is -2.44. The molecule has 0 aromatic carbocycles. The zero-order valence-corrected chi connectivity index (χ0v) is 7.28. The molecule has 0 rings (SSSR count). The molecule has 2 atom stereocenters. The average Bonchev–Trinajstić information content (AvgIpc) is 1.96. The minimum Gasteiger partial charge on any atom is -0.465 e. The van der Waals surface area contributed by atoms with Crippen LogP contribution in [0.3, 0.4) is 0 Å². The normalized spacial score (nSPS) is 15.2. The molecular formula is C7H15NO4. The van der Waals surface area contributed by atoms with Crippen LogP contribution in [0, 0.1) is 0 Å². The summed E-state index contributed by atoms with van der Waals surface area (Å²) >= 11 is 0. The van der Waals surface area contributed by atoms with E-state index in [1.807, 2.05) is 0 Å². The number of aliphatic hydroxyl groups excluding tert-OH is 1. The van der Waals surface area contributed by atoms with Crippen LogP contribution in [0.15, 0.2) is 0 Å². The molecule has 0 aliphatic heterocycles. The van der Waals surface area contributed by atoms with E-state index in [1.54, 1.807) is 6.92 Å². The molecular weight excluding hydrogens is 162 g/mol. The number of aliphatic hydroxyl groups is 1. The predicted molar refractivity (Wildman–Crippen MR) is 43.1 cm³/mol. The molecule has 0 aliphatic carbocycles. The second-order valence-corrected chi connectivity index (χ2v) is 2.46. The van der Waals surface area contributed by atoms with E-state index in [1.165, 1.54) is 6.92 Å². The van der Waals surface area contributed by atoms with E-state index >= 15 is 0 Å². The number of amides is 1. The molecule has 0 aliphatic rings. The topological polar surface area (TPSA) is 78.8 Å². The van der Waals surface area contributed by atoms with Crippen molar-refractivity contribution in [3.05, 3.63) is 0 Å². The van der Waals surface area contributed by atoms with Gasteiger partial charge in [-0.05, 0) is 13.8 Å². The lowest BCUT2D eigenvalue weighted by molar-refractivity contribution is 0.0609. The van der Waals surface area contributed by atoms with E-state index in [4.69, 9.17) is 14.9 Å². The molecule has 0 fully saturated rings. The molecule has 0 aromatic heterocycles. The molecule has 3 N–H and O–H groups in total. The van der Waals surface area contributed by atoms with E-state index in [0.29, 0.717) is 6.61 Å². The molecule has 1 unspecified atom stereocenters. The molecule has 5 nitrogen and oxygen atoms in total. The Morgan fingerprint density at radius 2 is 2.25 bits per heavy atom. The first-order valence-corrected chi connectivity index (χ1v) is 3.83. The number of carbonyl (C=O) groups is 1. The Morgan fingerprint density at radius 1 is 1.67 bits per heavy atom. The summed E-state index contributed by atoms with van der Waals surface area (Å²) in [5.74, 6) is 0. The molecule has 72 valence electrons. The summed E-state index contributed by atoms with van der Waals surface area (Å²) < 4.78 is 4.97. The average molecular weight is 177 g/mol. The Balaban J connectivity index is 3.78. The van der Waals surface area contributed by atoms with Gasteiger partial charge in [-0.1, -0.05) is 0 Å². The van der Waals surface area contributed by atoms with Crippen molar-refractivity contribution in [1.82, 2.24) is 5.32 Å². The van der Waals surface area contributed by atoms with Crippen molar-refractivity contribution >= 4 is 6.09 Å². The molecule has 1 amide bonds. The van der Waals surface area contributed by atoms with E-state index in [0.717, 1.165) is 0 Å². The van der Waals surface area contributed by atoms with Crippen molar-refractivity contribution in [2.45, 2.75) is 26.0 Å². The highest BCUT2D eigenvalue weighted by Crippen LogP contribution is 1.93. The summed E-state index contributed by atoms with van der Waals surface area (Å²) in [6, 6.07) is -0.553. The number of hydrogen-bond donors (Lipinski definition) is 3. The third-order valence-corrected chi connectivity index (χ3v) is 1.39. The fraction of sp³-hybridized carbons (Fsp3) is 0.857. The Bertz CT molecular complexity index is 137. The van der Waals surface area contributed by atoms with E-state index in [-0.39, 0.29) is 6.61 Å². The van der Waals surface area contributed by atoms with Gasteiger partial charge in [0.1, 0.15) is 0 Å². The van der Waals surface area contributed by atoms with Crippen LogP contribution >= 0.6 is 0 Å². The lowest BCUT2D eigenvalue weighted by Gasteiger charge is -2.18. The van der Waals surface area contributed by atoms with Crippen molar-refractivity contribution in [1.29, 1.82) is 0 Å². The second-order valence-electron chi connectivity index (χ2n) is 2.46. The summed E-state index contributed by atoms with van der Waals surface area (Å²) in [5, 5.41) is 19.6. The Labute approximate surface area is 71.3 Å². The van der Waals surface area contributed by atoms with Gasteiger partial charge in [-0.15, -0.1) is 0 Å². The van der Waals surface area contributed by atoms with Crippen LogP contribution in [0.25, 0.3) is 0 Å². The van der Waals surface area contributed by atoms with Gasteiger partial charge in [-0.3, -0.25) is 0 Å². The number of ether oxygens (including phenoxy) is 1. The molecule has 0 radical (unpaired) electrons. The Morgan fingerprint density at radius 3 is 2.58 bits per heavy atom. The standard InChI is InChI=1S/C7H15NO4/c1-3-12-4-6(5(2)9)8-7(10)11/h5-6,8-9H,3-4H2,1-2H3,(H,10,11)/t5?,6-/m1/s1. The summed E-state index contributed by atoms with van der Waals surface area (Å²) in [7, 11) is 0. The maximum Gasteiger partial charge on any atom is 0.405 e. The van der Waals surface area contributed by atoms with Crippen LogP contribution in [0.4, 0.5) is 4.79 Å². The van der Waals surface area contributed by atoms with Gasteiger partial charge < -0.3 is 20.3 Å². The molecule has 0 aromatic rings. The van der Waals surface area contributed by atoms with Crippen molar-refractivity contribution in [3.8, 4) is 0 Å². The monoisotopic (exact) mass is 177 g/mol. The minimum atomic E-state index is -1.15. The van der Waals surface area contributed by atoms with E-state index in [2.05, 4.69) is 5.32 Å². The Kier molecular flexibility index (Phi) is 5.40. The highest BCUT2D eigenvalue weighted by molar-refractivity contribution is 5.64. The van der Waals surface area contributed by atoms with Gasteiger partial charge in [0.15, 0.2) is 0 Å². The quantitative estimate of drug-likeness (QED) is 0.554. The minimum absolute atomic E-state index is 0.195. The van der Waals surface area contributed by atoms with Gasteiger partial charge >= 0.3 is 6.09 Å². The van der Waals surface area contributed by atoms with Crippen molar-refractivity contribution in [2.24, 2.45) is 0 Å². The fourth-order valence-electron chi connectivity index (χ4n) is 0.705. The van der Waals surface area contributed by atoms with Crippen LogP contribution in [-0.4, -0.2) is 41.7 Å². The Hall–Kier alpha value is -0.810. The van der Waals surface area contributed by atoms with Crippen LogP contribution < -0.4 is 5.32 Å². The first-order valence-electron chi connectivity index (χ1n) is 3.83. The fourth-order valence-corrected chi connectivity index (χ4v) is 0.705. The number of nitrogens with one attached hydrogen (secondary N) is 1. The summed E-state index contributed by atoms with van der Waals surface area (Å²) in [4.78, 5) is 10.2. The second kappa shape index (κ2) is 5.79. The third-order valence-electron chi connectivity index (χ3n) is 1.39. The van der Waals surface area contributed by atoms with Crippen molar-refractivity contribution < 1.29 is 19.7 Å². The zero-order chi connectivity index (χ0) is 9.56. The summed E-state index contributed by atoms with van der Waals surface area (Å²) in [6.07, 6.45) is -1.90. The first kappa shape index (κ1) is 11.2. The SMILES string of the molecule is CCOC[C@@H](NC(=O)O)C(C)O. The highest BCUT2D eigenvalue weighted by Gasteiger charge is 2.16. The maximum absolute atomic E-state index is 10.2. The molecule has 12 heavy (non-hydrogen) atoms.